The van der Waals surface area contributed by atoms with Crippen molar-refractivity contribution in [3.63, 3.8) is 0 Å². The molecule has 1 N–H and O–H groups in total. The highest BCUT2D eigenvalue weighted by Crippen LogP contribution is 2.29. The monoisotopic (exact) mass is 341 g/mol. The van der Waals surface area contributed by atoms with Crippen LogP contribution in [0.25, 0.3) is 0 Å². The summed E-state index contributed by atoms with van der Waals surface area (Å²) in [6.45, 7) is 4.45. The SMILES string of the molecule is C[C@@H]1[C@H](C)CCC[C@H]1NC(=O)CN1N=C(c2ccccc2)CCC1=O. The predicted molar refractivity (Wildman–Crippen MR) is 98.0 cm³/mol. The molecule has 3 atom stereocenters. The third-order valence-electron chi connectivity index (χ3n) is 5.56. The molecule has 3 rings (SSSR count). The standard InChI is InChI=1S/C20H27N3O2/c1-14-7-6-10-17(15(14)2)21-19(24)13-23-20(25)12-11-18(22-23)16-8-4-3-5-9-16/h3-5,8-9,14-15,17H,6-7,10-13H2,1-2H3,(H,21,24)/t14-,15-,17-/m1/s1. The van der Waals surface area contributed by atoms with Crippen molar-refractivity contribution in [1.82, 2.24) is 10.3 Å². The van der Waals surface area contributed by atoms with Crippen LogP contribution in [0.3, 0.4) is 0 Å². The minimum absolute atomic E-state index is 0.00671. The average Bonchev–Trinajstić information content (AvgIpc) is 2.61. The van der Waals surface area contributed by atoms with E-state index in [0.717, 1.165) is 24.1 Å². The molecule has 1 aliphatic carbocycles. The van der Waals surface area contributed by atoms with Crippen LogP contribution in [0, 0.1) is 11.8 Å². The number of amides is 2. The molecule has 134 valence electrons. The number of hydrazone groups is 1. The summed E-state index contributed by atoms with van der Waals surface area (Å²) in [6, 6.07) is 10.0. The summed E-state index contributed by atoms with van der Waals surface area (Å²) in [5.41, 5.74) is 1.88. The normalized spacial score (nSPS) is 27.0. The van der Waals surface area contributed by atoms with Gasteiger partial charge < -0.3 is 5.32 Å². The van der Waals surface area contributed by atoms with E-state index in [-0.39, 0.29) is 24.4 Å². The molecule has 0 radical (unpaired) electrons. The topological polar surface area (TPSA) is 61.8 Å². The lowest BCUT2D eigenvalue weighted by atomic mass is 9.78. The molecule has 1 aromatic rings. The Morgan fingerprint density at radius 3 is 2.72 bits per heavy atom. The molecule has 0 unspecified atom stereocenters. The molecule has 1 aliphatic heterocycles. The zero-order valence-corrected chi connectivity index (χ0v) is 15.1. The van der Waals surface area contributed by atoms with Gasteiger partial charge in [0.2, 0.25) is 11.8 Å². The maximum atomic E-state index is 12.4. The van der Waals surface area contributed by atoms with Crippen LogP contribution in [0.15, 0.2) is 35.4 Å². The Kier molecular flexibility index (Phi) is 5.51. The zero-order valence-electron chi connectivity index (χ0n) is 15.1. The smallest absolute Gasteiger partial charge is 0.243 e. The van der Waals surface area contributed by atoms with E-state index in [1.807, 2.05) is 30.3 Å². The minimum Gasteiger partial charge on any atom is -0.351 e. The Hall–Kier alpha value is -2.17. The summed E-state index contributed by atoms with van der Waals surface area (Å²) < 4.78 is 0. The Morgan fingerprint density at radius 2 is 1.96 bits per heavy atom. The fourth-order valence-electron chi connectivity index (χ4n) is 3.74. The first kappa shape index (κ1) is 17.6. The third kappa shape index (κ3) is 4.27. The number of hydrogen-bond donors (Lipinski definition) is 1. The summed E-state index contributed by atoms with van der Waals surface area (Å²) in [5.74, 6) is 0.897. The number of hydrogen-bond acceptors (Lipinski definition) is 3. The van der Waals surface area contributed by atoms with Crippen molar-refractivity contribution >= 4 is 17.5 Å². The highest BCUT2D eigenvalue weighted by atomic mass is 16.2. The molecule has 1 aromatic carbocycles. The highest BCUT2D eigenvalue weighted by Gasteiger charge is 2.29. The molecule has 1 fully saturated rings. The molecule has 2 amide bonds. The van der Waals surface area contributed by atoms with Gasteiger partial charge in [-0.3, -0.25) is 9.59 Å². The van der Waals surface area contributed by atoms with Gasteiger partial charge in [-0.05, 0) is 23.8 Å². The average molecular weight is 341 g/mol. The van der Waals surface area contributed by atoms with Crippen LogP contribution in [0.2, 0.25) is 0 Å². The molecule has 0 saturated heterocycles. The van der Waals surface area contributed by atoms with E-state index in [0.29, 0.717) is 24.7 Å². The molecular weight excluding hydrogens is 314 g/mol. The first-order valence-corrected chi connectivity index (χ1v) is 9.27. The van der Waals surface area contributed by atoms with E-state index < -0.39 is 0 Å². The fraction of sp³-hybridized carbons (Fsp3) is 0.550. The molecular formula is C20H27N3O2. The molecule has 1 heterocycles. The van der Waals surface area contributed by atoms with Gasteiger partial charge in [-0.1, -0.05) is 57.0 Å². The number of rotatable bonds is 4. The second-order valence-corrected chi connectivity index (χ2v) is 7.31. The number of carbonyl (C=O) groups excluding carboxylic acids is 2. The summed E-state index contributed by atoms with van der Waals surface area (Å²) in [4.78, 5) is 24.6. The van der Waals surface area contributed by atoms with Gasteiger partial charge in [0, 0.05) is 18.9 Å². The van der Waals surface area contributed by atoms with Crippen LogP contribution < -0.4 is 5.32 Å². The van der Waals surface area contributed by atoms with E-state index in [1.54, 1.807) is 0 Å². The van der Waals surface area contributed by atoms with Gasteiger partial charge in [-0.15, -0.1) is 0 Å². The summed E-state index contributed by atoms with van der Waals surface area (Å²) in [7, 11) is 0. The lowest BCUT2D eigenvalue weighted by molar-refractivity contribution is -0.137. The van der Waals surface area contributed by atoms with Gasteiger partial charge in [0.25, 0.3) is 0 Å². The van der Waals surface area contributed by atoms with E-state index in [9.17, 15) is 9.59 Å². The van der Waals surface area contributed by atoms with Crippen molar-refractivity contribution in [2.75, 3.05) is 6.54 Å². The van der Waals surface area contributed by atoms with Crippen LogP contribution in [0.4, 0.5) is 0 Å². The molecule has 5 heteroatoms. The fourth-order valence-corrected chi connectivity index (χ4v) is 3.74. The maximum Gasteiger partial charge on any atom is 0.243 e. The number of benzene rings is 1. The van der Waals surface area contributed by atoms with Crippen molar-refractivity contribution in [2.24, 2.45) is 16.9 Å². The molecule has 5 nitrogen and oxygen atoms in total. The summed E-state index contributed by atoms with van der Waals surface area (Å²) >= 11 is 0. The predicted octanol–water partition coefficient (Wildman–Crippen LogP) is 2.95. The maximum absolute atomic E-state index is 12.4. The second-order valence-electron chi connectivity index (χ2n) is 7.31. The second kappa shape index (κ2) is 7.81. The van der Waals surface area contributed by atoms with Crippen LogP contribution in [0.1, 0.15) is 51.5 Å². The van der Waals surface area contributed by atoms with Gasteiger partial charge >= 0.3 is 0 Å². The van der Waals surface area contributed by atoms with Gasteiger partial charge in [0.1, 0.15) is 6.54 Å². The largest absolute Gasteiger partial charge is 0.351 e. The number of nitrogens with one attached hydrogen (secondary N) is 1. The Labute approximate surface area is 149 Å². The number of carbonyl (C=O) groups is 2. The van der Waals surface area contributed by atoms with E-state index in [2.05, 4.69) is 24.3 Å². The van der Waals surface area contributed by atoms with Crippen molar-refractivity contribution in [3.05, 3.63) is 35.9 Å². The molecule has 1 saturated carbocycles. The quantitative estimate of drug-likeness (QED) is 0.915. The molecule has 0 spiro atoms. The van der Waals surface area contributed by atoms with E-state index in [4.69, 9.17) is 0 Å². The summed E-state index contributed by atoms with van der Waals surface area (Å²) in [5, 5.41) is 8.89. The van der Waals surface area contributed by atoms with Gasteiger partial charge in [0.15, 0.2) is 0 Å². The third-order valence-corrected chi connectivity index (χ3v) is 5.56. The van der Waals surface area contributed by atoms with Crippen LogP contribution >= 0.6 is 0 Å². The van der Waals surface area contributed by atoms with E-state index >= 15 is 0 Å². The Balaban J connectivity index is 1.64. The van der Waals surface area contributed by atoms with Crippen LogP contribution in [-0.2, 0) is 9.59 Å². The van der Waals surface area contributed by atoms with Gasteiger partial charge in [0.05, 0.1) is 5.71 Å². The lowest BCUT2D eigenvalue weighted by Gasteiger charge is -2.35. The Morgan fingerprint density at radius 1 is 1.20 bits per heavy atom. The highest BCUT2D eigenvalue weighted by molar-refractivity contribution is 6.04. The van der Waals surface area contributed by atoms with Crippen LogP contribution in [-0.4, -0.2) is 35.1 Å². The molecule has 25 heavy (non-hydrogen) atoms. The molecule has 0 aromatic heterocycles. The van der Waals surface area contributed by atoms with Crippen molar-refractivity contribution in [1.29, 1.82) is 0 Å². The minimum atomic E-state index is -0.114. The van der Waals surface area contributed by atoms with Crippen LogP contribution in [0.5, 0.6) is 0 Å². The number of nitrogens with zero attached hydrogens (tertiary/aromatic N) is 2. The Bertz CT molecular complexity index is 656. The molecule has 2 aliphatic rings. The van der Waals surface area contributed by atoms with Gasteiger partial charge in [-0.2, -0.15) is 5.10 Å². The van der Waals surface area contributed by atoms with E-state index in [1.165, 1.54) is 11.4 Å². The van der Waals surface area contributed by atoms with Crippen molar-refractivity contribution < 1.29 is 9.59 Å². The first-order chi connectivity index (χ1) is 12.0. The lowest BCUT2D eigenvalue weighted by Crippen LogP contribution is -2.48. The summed E-state index contributed by atoms with van der Waals surface area (Å²) in [6.07, 6.45) is 4.41. The first-order valence-electron chi connectivity index (χ1n) is 9.27. The molecule has 0 bridgehead atoms. The van der Waals surface area contributed by atoms with Crippen molar-refractivity contribution in [3.8, 4) is 0 Å². The van der Waals surface area contributed by atoms with Gasteiger partial charge in [-0.25, -0.2) is 5.01 Å². The van der Waals surface area contributed by atoms with Crippen molar-refractivity contribution in [2.45, 2.75) is 52.0 Å². The zero-order chi connectivity index (χ0) is 17.8.